The summed E-state index contributed by atoms with van der Waals surface area (Å²) in [5.74, 6) is -0.395. The van der Waals surface area contributed by atoms with Crippen LogP contribution in [0.15, 0.2) is 60.7 Å². The van der Waals surface area contributed by atoms with Crippen LogP contribution in [0, 0.1) is 0 Å². The monoisotopic (exact) mass is 311 g/mol. The zero-order valence-corrected chi connectivity index (χ0v) is 13.0. The summed E-state index contributed by atoms with van der Waals surface area (Å²) < 4.78 is 0. The Kier molecular flexibility index (Phi) is 6.51. The van der Waals surface area contributed by atoms with E-state index in [0.717, 1.165) is 5.56 Å². The zero-order chi connectivity index (χ0) is 16.5. The van der Waals surface area contributed by atoms with Crippen LogP contribution < -0.4 is 0 Å². The van der Waals surface area contributed by atoms with E-state index >= 15 is 0 Å². The Morgan fingerprint density at radius 2 is 1.52 bits per heavy atom. The van der Waals surface area contributed by atoms with Crippen molar-refractivity contribution in [2.24, 2.45) is 0 Å². The van der Waals surface area contributed by atoms with Crippen molar-refractivity contribution in [2.45, 2.75) is 19.4 Å². The van der Waals surface area contributed by atoms with Gasteiger partial charge in [0.25, 0.3) is 0 Å². The summed E-state index contributed by atoms with van der Waals surface area (Å²) in [7, 11) is 0. The van der Waals surface area contributed by atoms with Crippen LogP contribution in [0.3, 0.4) is 0 Å². The van der Waals surface area contributed by atoms with Crippen LogP contribution in [-0.2, 0) is 11.3 Å². The fourth-order valence-electron chi connectivity index (χ4n) is 2.33. The molecule has 4 heteroatoms. The summed E-state index contributed by atoms with van der Waals surface area (Å²) in [6, 6.07) is 18.5. The van der Waals surface area contributed by atoms with Crippen LogP contribution >= 0.6 is 0 Å². The summed E-state index contributed by atoms with van der Waals surface area (Å²) in [6.45, 7) is 0.902. The Morgan fingerprint density at radius 3 is 2.13 bits per heavy atom. The van der Waals surface area contributed by atoms with Crippen molar-refractivity contribution >= 4 is 11.7 Å². The van der Waals surface area contributed by atoms with Crippen molar-refractivity contribution < 1.29 is 14.7 Å². The molecule has 0 saturated carbocycles. The number of aliphatic hydroxyl groups is 1. The van der Waals surface area contributed by atoms with Gasteiger partial charge in [-0.15, -0.1) is 0 Å². The summed E-state index contributed by atoms with van der Waals surface area (Å²) in [6.07, 6.45) is 0.348. The largest absolute Gasteiger partial charge is 0.396 e. The van der Waals surface area contributed by atoms with E-state index in [1.165, 1.54) is 0 Å². The van der Waals surface area contributed by atoms with Crippen molar-refractivity contribution in [1.29, 1.82) is 0 Å². The summed E-state index contributed by atoms with van der Waals surface area (Å²) in [5.41, 5.74) is 1.55. The quantitative estimate of drug-likeness (QED) is 0.602. The molecule has 0 aliphatic carbocycles. The zero-order valence-electron chi connectivity index (χ0n) is 13.0. The topological polar surface area (TPSA) is 57.6 Å². The molecule has 0 spiro atoms. The molecule has 120 valence electrons. The number of Topliss-reactive ketones (excluding diaryl/α,β-unsaturated/α-hetero) is 1. The molecule has 0 bridgehead atoms. The highest BCUT2D eigenvalue weighted by Crippen LogP contribution is 2.10. The van der Waals surface area contributed by atoms with Crippen molar-refractivity contribution in [3.8, 4) is 0 Å². The average molecular weight is 311 g/mol. The number of aliphatic hydroxyl groups excluding tert-OH is 1. The number of amides is 1. The van der Waals surface area contributed by atoms with Crippen LogP contribution in [0.25, 0.3) is 0 Å². The molecule has 0 unspecified atom stereocenters. The number of rotatable bonds is 8. The van der Waals surface area contributed by atoms with Crippen molar-refractivity contribution in [2.75, 3.05) is 13.2 Å². The summed E-state index contributed by atoms with van der Waals surface area (Å²) in [4.78, 5) is 26.3. The molecule has 0 saturated heterocycles. The highest BCUT2D eigenvalue weighted by atomic mass is 16.3. The minimum absolute atomic E-state index is 0.0190. The molecule has 0 aliphatic heterocycles. The molecule has 2 aromatic carbocycles. The van der Waals surface area contributed by atoms with Crippen LogP contribution in [0.2, 0.25) is 0 Å². The Labute approximate surface area is 136 Å². The first-order valence-electron chi connectivity index (χ1n) is 7.71. The standard InChI is InChI=1S/C19H21NO3/c21-13-7-12-20(15-16-8-3-1-4-9-16)19(23)14-18(22)17-10-5-2-6-11-17/h1-6,8-11,21H,7,12-15H2. The third kappa shape index (κ3) is 5.34. The molecule has 0 fully saturated rings. The predicted molar refractivity (Wildman–Crippen MR) is 89.0 cm³/mol. The molecule has 1 N–H and O–H groups in total. The van der Waals surface area contributed by atoms with Crippen LogP contribution in [0.5, 0.6) is 0 Å². The maximum absolute atomic E-state index is 12.5. The third-order valence-corrected chi connectivity index (χ3v) is 3.56. The van der Waals surface area contributed by atoms with E-state index in [-0.39, 0.29) is 24.7 Å². The van der Waals surface area contributed by atoms with E-state index in [2.05, 4.69) is 0 Å². The lowest BCUT2D eigenvalue weighted by Gasteiger charge is -2.22. The number of benzene rings is 2. The Hall–Kier alpha value is -2.46. The minimum atomic E-state index is -0.212. The minimum Gasteiger partial charge on any atom is -0.396 e. The van der Waals surface area contributed by atoms with Gasteiger partial charge in [0.15, 0.2) is 5.78 Å². The van der Waals surface area contributed by atoms with Crippen molar-refractivity contribution in [3.63, 3.8) is 0 Å². The molecule has 1 amide bonds. The van der Waals surface area contributed by atoms with Crippen molar-refractivity contribution in [1.82, 2.24) is 4.90 Å². The van der Waals surface area contributed by atoms with Gasteiger partial charge in [0.1, 0.15) is 0 Å². The molecule has 2 aromatic rings. The van der Waals surface area contributed by atoms with Gasteiger partial charge in [0.2, 0.25) is 5.91 Å². The lowest BCUT2D eigenvalue weighted by Crippen LogP contribution is -2.33. The predicted octanol–water partition coefficient (Wildman–Crippen LogP) is 2.67. The molecule has 0 atom stereocenters. The number of hydrogen-bond acceptors (Lipinski definition) is 3. The van der Waals surface area contributed by atoms with Gasteiger partial charge in [-0.3, -0.25) is 9.59 Å². The number of hydrogen-bond donors (Lipinski definition) is 1. The molecule has 23 heavy (non-hydrogen) atoms. The smallest absolute Gasteiger partial charge is 0.230 e. The second-order valence-corrected chi connectivity index (χ2v) is 5.34. The van der Waals surface area contributed by atoms with Gasteiger partial charge in [0, 0.05) is 25.3 Å². The number of carbonyl (C=O) groups is 2. The number of carbonyl (C=O) groups excluding carboxylic acids is 2. The Balaban J connectivity index is 2.02. The number of ketones is 1. The van der Waals surface area contributed by atoms with Gasteiger partial charge >= 0.3 is 0 Å². The van der Waals surface area contributed by atoms with Gasteiger partial charge in [-0.25, -0.2) is 0 Å². The number of nitrogens with zero attached hydrogens (tertiary/aromatic N) is 1. The lowest BCUT2D eigenvalue weighted by molar-refractivity contribution is -0.131. The van der Waals surface area contributed by atoms with Gasteiger partial charge in [0.05, 0.1) is 6.42 Å². The highest BCUT2D eigenvalue weighted by Gasteiger charge is 2.18. The SMILES string of the molecule is O=C(CC(=O)N(CCCO)Cc1ccccc1)c1ccccc1. The molecular weight excluding hydrogens is 290 g/mol. The maximum Gasteiger partial charge on any atom is 0.230 e. The van der Waals surface area contributed by atoms with Crippen LogP contribution in [-0.4, -0.2) is 34.8 Å². The fraction of sp³-hybridized carbons (Fsp3) is 0.263. The first-order valence-corrected chi connectivity index (χ1v) is 7.71. The van der Waals surface area contributed by atoms with Crippen molar-refractivity contribution in [3.05, 3.63) is 71.8 Å². The summed E-state index contributed by atoms with van der Waals surface area (Å²) in [5, 5.41) is 9.02. The molecule has 2 rings (SSSR count). The van der Waals surface area contributed by atoms with E-state index < -0.39 is 0 Å². The Bertz CT molecular complexity index is 626. The van der Waals surface area contributed by atoms with Crippen LogP contribution in [0.1, 0.15) is 28.8 Å². The van der Waals surface area contributed by atoms with Gasteiger partial charge in [-0.1, -0.05) is 60.7 Å². The second-order valence-electron chi connectivity index (χ2n) is 5.34. The van der Waals surface area contributed by atoms with Crippen LogP contribution in [0.4, 0.5) is 0 Å². The molecule has 4 nitrogen and oxygen atoms in total. The van der Waals surface area contributed by atoms with E-state index in [1.807, 2.05) is 36.4 Å². The van der Waals surface area contributed by atoms with Gasteiger partial charge < -0.3 is 10.0 Å². The molecule has 0 aliphatic rings. The second kappa shape index (κ2) is 8.86. The van der Waals surface area contributed by atoms with E-state index in [1.54, 1.807) is 29.2 Å². The maximum atomic E-state index is 12.5. The highest BCUT2D eigenvalue weighted by molar-refractivity contribution is 6.07. The first kappa shape index (κ1) is 16.9. The molecule has 0 radical (unpaired) electrons. The average Bonchev–Trinajstić information content (AvgIpc) is 2.60. The normalized spacial score (nSPS) is 10.3. The van der Waals surface area contributed by atoms with E-state index in [9.17, 15) is 9.59 Å². The molecular formula is C19H21NO3. The Morgan fingerprint density at radius 1 is 0.913 bits per heavy atom. The first-order chi connectivity index (χ1) is 11.2. The van der Waals surface area contributed by atoms with E-state index in [4.69, 9.17) is 5.11 Å². The molecule has 0 aromatic heterocycles. The lowest BCUT2D eigenvalue weighted by atomic mass is 10.1. The summed E-state index contributed by atoms with van der Waals surface area (Å²) >= 11 is 0. The third-order valence-electron chi connectivity index (χ3n) is 3.56. The molecule has 0 heterocycles. The van der Waals surface area contributed by atoms with E-state index in [0.29, 0.717) is 25.1 Å². The van der Waals surface area contributed by atoms with Gasteiger partial charge in [-0.2, -0.15) is 0 Å². The fourth-order valence-corrected chi connectivity index (χ4v) is 2.33. The van der Waals surface area contributed by atoms with Gasteiger partial charge in [-0.05, 0) is 12.0 Å².